The number of rotatable bonds is 9. The average molecular weight is 366 g/mol. The third-order valence-corrected chi connectivity index (χ3v) is 6.32. The molecule has 142 valence electrons. The summed E-state index contributed by atoms with van der Waals surface area (Å²) in [5.41, 5.74) is 5.02. The molecule has 1 fully saturated rings. The van der Waals surface area contributed by atoms with Crippen LogP contribution in [0.1, 0.15) is 75.1 Å². The van der Waals surface area contributed by atoms with Gasteiger partial charge in [-0.15, -0.1) is 0 Å². The van der Waals surface area contributed by atoms with Gasteiger partial charge in [-0.3, -0.25) is 4.21 Å². The van der Waals surface area contributed by atoms with Crippen molar-refractivity contribution in [3.8, 4) is 0 Å². The van der Waals surface area contributed by atoms with Gasteiger partial charge in [-0.1, -0.05) is 18.6 Å². The van der Waals surface area contributed by atoms with Crippen molar-refractivity contribution in [2.75, 3.05) is 6.61 Å². The molecular formula is C21H33O3S-. The monoisotopic (exact) mass is 365 g/mol. The van der Waals surface area contributed by atoms with Gasteiger partial charge in [0.05, 0.1) is 5.60 Å². The van der Waals surface area contributed by atoms with Crippen molar-refractivity contribution in [2.24, 2.45) is 0 Å². The molecule has 25 heavy (non-hydrogen) atoms. The van der Waals surface area contributed by atoms with Gasteiger partial charge in [0.1, 0.15) is 0 Å². The van der Waals surface area contributed by atoms with E-state index in [4.69, 9.17) is 4.74 Å². The van der Waals surface area contributed by atoms with Crippen LogP contribution in [0.3, 0.4) is 0 Å². The Morgan fingerprint density at radius 2 is 1.72 bits per heavy atom. The second-order valence-corrected chi connectivity index (χ2v) is 9.91. The van der Waals surface area contributed by atoms with E-state index in [1.807, 2.05) is 0 Å². The first-order valence-corrected chi connectivity index (χ1v) is 10.5. The topological polar surface area (TPSA) is 49.4 Å². The zero-order valence-corrected chi connectivity index (χ0v) is 17.3. The molecule has 0 bridgehead atoms. The van der Waals surface area contributed by atoms with Crippen molar-refractivity contribution in [1.82, 2.24) is 0 Å². The van der Waals surface area contributed by atoms with Crippen molar-refractivity contribution < 1.29 is 13.5 Å². The molecule has 1 atom stereocenters. The Balaban J connectivity index is 1.84. The molecule has 1 aliphatic carbocycles. The summed E-state index contributed by atoms with van der Waals surface area (Å²) in [5.74, 6) is 0. The minimum Gasteiger partial charge on any atom is -0.772 e. The van der Waals surface area contributed by atoms with E-state index in [9.17, 15) is 8.76 Å². The van der Waals surface area contributed by atoms with Crippen LogP contribution in [0.25, 0.3) is 0 Å². The molecule has 0 aromatic heterocycles. The van der Waals surface area contributed by atoms with E-state index >= 15 is 0 Å². The van der Waals surface area contributed by atoms with E-state index in [2.05, 4.69) is 46.8 Å². The Kier molecular flexibility index (Phi) is 6.86. The summed E-state index contributed by atoms with van der Waals surface area (Å²) in [4.78, 5) is 0. The van der Waals surface area contributed by atoms with Gasteiger partial charge in [0.2, 0.25) is 0 Å². The summed E-state index contributed by atoms with van der Waals surface area (Å²) in [6.07, 6.45) is 6.81. The lowest BCUT2D eigenvalue weighted by atomic mass is 9.93. The van der Waals surface area contributed by atoms with Gasteiger partial charge in [0, 0.05) is 11.4 Å². The van der Waals surface area contributed by atoms with Crippen molar-refractivity contribution in [3.05, 3.63) is 34.4 Å². The fourth-order valence-electron chi connectivity index (χ4n) is 3.36. The highest BCUT2D eigenvalue weighted by molar-refractivity contribution is 7.81. The molecule has 0 amide bonds. The molecule has 1 aromatic carbocycles. The predicted molar refractivity (Wildman–Crippen MR) is 104 cm³/mol. The average Bonchev–Trinajstić information content (AvgIpc) is 3.27. The van der Waals surface area contributed by atoms with Crippen LogP contribution in [-0.4, -0.2) is 25.7 Å². The Morgan fingerprint density at radius 3 is 2.20 bits per heavy atom. The Hall–Kier alpha value is -0.710. The van der Waals surface area contributed by atoms with Gasteiger partial charge in [-0.25, -0.2) is 0 Å². The molecule has 0 radical (unpaired) electrons. The van der Waals surface area contributed by atoms with Gasteiger partial charge in [0.25, 0.3) is 0 Å². The van der Waals surface area contributed by atoms with Crippen molar-refractivity contribution in [3.63, 3.8) is 0 Å². The summed E-state index contributed by atoms with van der Waals surface area (Å²) in [7, 11) is 0. The van der Waals surface area contributed by atoms with E-state index in [1.165, 1.54) is 35.1 Å². The highest BCUT2D eigenvalue weighted by Gasteiger charge is 2.44. The number of unbranched alkanes of at least 4 members (excludes halogenated alkanes) is 2. The summed E-state index contributed by atoms with van der Waals surface area (Å²) >= 11 is -1.96. The lowest BCUT2D eigenvalue weighted by Crippen LogP contribution is -2.20. The second-order valence-electron chi connectivity index (χ2n) is 8.57. The number of ether oxygens (including phenoxy) is 1. The first kappa shape index (κ1) is 20.6. The van der Waals surface area contributed by atoms with Gasteiger partial charge < -0.3 is 9.29 Å². The largest absolute Gasteiger partial charge is 0.772 e. The van der Waals surface area contributed by atoms with Crippen LogP contribution >= 0.6 is 0 Å². The summed E-state index contributed by atoms with van der Waals surface area (Å²) in [6.45, 7) is 11.3. The first-order chi connectivity index (χ1) is 11.6. The first-order valence-electron chi connectivity index (χ1n) is 9.45. The van der Waals surface area contributed by atoms with Crippen LogP contribution in [0.15, 0.2) is 12.1 Å². The zero-order valence-electron chi connectivity index (χ0n) is 16.4. The Labute approximate surface area is 155 Å². The molecule has 1 aromatic rings. The molecule has 0 aliphatic heterocycles. The zero-order chi connectivity index (χ0) is 18.7. The molecule has 0 heterocycles. The van der Waals surface area contributed by atoms with E-state index in [0.29, 0.717) is 6.42 Å². The van der Waals surface area contributed by atoms with Crippen LogP contribution < -0.4 is 0 Å². The highest BCUT2D eigenvalue weighted by Crippen LogP contribution is 2.44. The molecule has 1 unspecified atom stereocenters. The lowest BCUT2D eigenvalue weighted by Gasteiger charge is -2.21. The predicted octanol–water partition coefficient (Wildman–Crippen LogP) is 4.79. The summed E-state index contributed by atoms with van der Waals surface area (Å²) < 4.78 is 28.2. The molecule has 4 heteroatoms. The van der Waals surface area contributed by atoms with Crippen molar-refractivity contribution in [2.45, 2.75) is 89.9 Å². The number of benzene rings is 1. The molecule has 0 spiro atoms. The van der Waals surface area contributed by atoms with E-state index < -0.39 is 15.8 Å². The standard InChI is InChI=1S/C21H34O3S/c1-16-13-18(9-7-6-8-12-24-20(3,4)5)14-17(2)19(16)15-21(10-11-21)25(22)23/h13-14H,6-12,15H2,1-5H3,(H,22,23)/p-1. The molecule has 2 rings (SSSR count). The normalized spacial score (nSPS) is 17.5. The van der Waals surface area contributed by atoms with Gasteiger partial charge >= 0.3 is 0 Å². The molecule has 3 nitrogen and oxygen atoms in total. The van der Waals surface area contributed by atoms with Crippen LogP contribution in [0.4, 0.5) is 0 Å². The quantitative estimate of drug-likeness (QED) is 0.467. The van der Waals surface area contributed by atoms with E-state index in [-0.39, 0.29) is 5.60 Å². The third kappa shape index (κ3) is 6.19. The Morgan fingerprint density at radius 1 is 1.12 bits per heavy atom. The summed E-state index contributed by atoms with van der Waals surface area (Å²) in [5, 5.41) is 0. The molecule has 1 aliphatic rings. The fourth-order valence-corrected chi connectivity index (χ4v) is 4.05. The van der Waals surface area contributed by atoms with Gasteiger partial charge in [-0.2, -0.15) is 0 Å². The van der Waals surface area contributed by atoms with Crippen molar-refractivity contribution in [1.29, 1.82) is 0 Å². The Bertz CT molecular complexity index is 589. The van der Waals surface area contributed by atoms with E-state index in [1.54, 1.807) is 0 Å². The molecule has 1 saturated carbocycles. The maximum Gasteiger partial charge on any atom is 0.0598 e. The summed E-state index contributed by atoms with van der Waals surface area (Å²) in [6, 6.07) is 4.50. The molecular weight excluding hydrogens is 332 g/mol. The maximum atomic E-state index is 11.5. The minimum atomic E-state index is -1.96. The van der Waals surface area contributed by atoms with Crippen LogP contribution in [0, 0.1) is 13.8 Å². The van der Waals surface area contributed by atoms with Crippen molar-refractivity contribution >= 4 is 11.1 Å². The van der Waals surface area contributed by atoms with E-state index in [0.717, 1.165) is 32.3 Å². The van der Waals surface area contributed by atoms with Crippen LogP contribution in [0.2, 0.25) is 0 Å². The van der Waals surface area contributed by atoms with Crippen LogP contribution in [-0.2, 0) is 28.7 Å². The van der Waals surface area contributed by atoms with Crippen LogP contribution in [0.5, 0.6) is 0 Å². The highest BCUT2D eigenvalue weighted by atomic mass is 32.2. The maximum absolute atomic E-state index is 11.5. The van der Waals surface area contributed by atoms with Gasteiger partial charge in [-0.05, 0) is 106 Å². The third-order valence-electron chi connectivity index (χ3n) is 5.06. The number of hydrogen-bond donors (Lipinski definition) is 0. The lowest BCUT2D eigenvalue weighted by molar-refractivity contribution is -0.00469. The minimum absolute atomic E-state index is 0.0449. The smallest absolute Gasteiger partial charge is 0.0598 e. The second kappa shape index (κ2) is 8.32. The fraction of sp³-hybridized carbons (Fsp3) is 0.714. The SMILES string of the molecule is Cc1cc(CCCCCOC(C)(C)C)cc(C)c1CC1(S(=O)[O-])CC1. The molecule has 0 saturated heterocycles. The number of aryl methyl sites for hydroxylation is 3. The number of hydrogen-bond acceptors (Lipinski definition) is 3. The molecule has 0 N–H and O–H groups in total. The van der Waals surface area contributed by atoms with Gasteiger partial charge in [0.15, 0.2) is 0 Å².